The lowest BCUT2D eigenvalue weighted by molar-refractivity contribution is 0.152. The summed E-state index contributed by atoms with van der Waals surface area (Å²) in [5.41, 5.74) is 8.76. The van der Waals surface area contributed by atoms with Crippen LogP contribution in [-0.4, -0.2) is 11.1 Å². The van der Waals surface area contributed by atoms with Gasteiger partial charge in [0.15, 0.2) is 0 Å². The van der Waals surface area contributed by atoms with Crippen molar-refractivity contribution in [3.63, 3.8) is 0 Å². The van der Waals surface area contributed by atoms with Crippen LogP contribution in [0, 0.1) is 13.8 Å². The Morgan fingerprint density at radius 1 is 1.36 bits per heavy atom. The smallest absolute Gasteiger partial charge is 0.0941 e. The Balaban J connectivity index is 3.20. The summed E-state index contributed by atoms with van der Waals surface area (Å²) in [5.74, 6) is 0. The highest BCUT2D eigenvalue weighted by Gasteiger charge is 2.16. The molecular formula is C11H16BrNO. The van der Waals surface area contributed by atoms with Gasteiger partial charge in [0, 0.05) is 10.5 Å². The SMILES string of the molecule is Cc1cc(Br)c(C)c(C(O)C(C)N)c1. The lowest BCUT2D eigenvalue weighted by Gasteiger charge is -2.18. The summed E-state index contributed by atoms with van der Waals surface area (Å²) in [6.45, 7) is 5.78. The van der Waals surface area contributed by atoms with Crippen LogP contribution < -0.4 is 5.73 Å². The molecule has 0 bridgehead atoms. The minimum absolute atomic E-state index is 0.248. The van der Waals surface area contributed by atoms with Gasteiger partial charge < -0.3 is 10.8 Å². The van der Waals surface area contributed by atoms with Crippen LogP contribution >= 0.6 is 15.9 Å². The second-order valence-corrected chi connectivity index (χ2v) is 4.62. The molecule has 14 heavy (non-hydrogen) atoms. The molecule has 2 nitrogen and oxygen atoms in total. The molecule has 2 atom stereocenters. The average molecular weight is 258 g/mol. The van der Waals surface area contributed by atoms with Gasteiger partial charge in [0.2, 0.25) is 0 Å². The Morgan fingerprint density at radius 3 is 2.43 bits per heavy atom. The van der Waals surface area contributed by atoms with Crippen LogP contribution in [-0.2, 0) is 0 Å². The van der Waals surface area contributed by atoms with Gasteiger partial charge in [-0.25, -0.2) is 0 Å². The molecule has 0 spiro atoms. The summed E-state index contributed by atoms with van der Waals surface area (Å²) in [4.78, 5) is 0. The molecule has 0 fully saturated rings. The maximum absolute atomic E-state index is 9.88. The normalized spacial score (nSPS) is 15.3. The van der Waals surface area contributed by atoms with E-state index >= 15 is 0 Å². The Kier molecular flexibility index (Phi) is 3.70. The largest absolute Gasteiger partial charge is 0.387 e. The number of aliphatic hydroxyl groups excluding tert-OH is 1. The van der Waals surface area contributed by atoms with Gasteiger partial charge in [-0.05, 0) is 43.5 Å². The second-order valence-electron chi connectivity index (χ2n) is 3.76. The zero-order valence-electron chi connectivity index (χ0n) is 8.71. The number of hydrogen-bond acceptors (Lipinski definition) is 2. The maximum Gasteiger partial charge on any atom is 0.0941 e. The monoisotopic (exact) mass is 257 g/mol. The van der Waals surface area contributed by atoms with Crippen LogP contribution in [0.3, 0.4) is 0 Å². The number of halogens is 1. The molecule has 3 heteroatoms. The number of nitrogens with two attached hydrogens (primary N) is 1. The van der Waals surface area contributed by atoms with Gasteiger partial charge in [-0.15, -0.1) is 0 Å². The van der Waals surface area contributed by atoms with Crippen molar-refractivity contribution in [3.05, 3.63) is 33.3 Å². The maximum atomic E-state index is 9.88. The fourth-order valence-corrected chi connectivity index (χ4v) is 2.02. The third-order valence-corrected chi connectivity index (χ3v) is 3.17. The predicted molar refractivity (Wildman–Crippen MR) is 62.2 cm³/mol. The van der Waals surface area contributed by atoms with Crippen LogP contribution in [0.25, 0.3) is 0 Å². The molecule has 78 valence electrons. The summed E-state index contributed by atoms with van der Waals surface area (Å²) in [5, 5.41) is 9.88. The summed E-state index contributed by atoms with van der Waals surface area (Å²) in [6, 6.07) is 3.77. The van der Waals surface area contributed by atoms with Crippen molar-refractivity contribution in [2.45, 2.75) is 32.9 Å². The van der Waals surface area contributed by atoms with E-state index in [1.54, 1.807) is 6.92 Å². The molecule has 3 N–H and O–H groups in total. The molecule has 0 heterocycles. The van der Waals surface area contributed by atoms with Gasteiger partial charge in [-0.3, -0.25) is 0 Å². The van der Waals surface area contributed by atoms with E-state index in [0.717, 1.165) is 21.2 Å². The van der Waals surface area contributed by atoms with Crippen LogP contribution in [0.4, 0.5) is 0 Å². The van der Waals surface area contributed by atoms with Gasteiger partial charge in [0.1, 0.15) is 0 Å². The van der Waals surface area contributed by atoms with E-state index in [9.17, 15) is 5.11 Å². The number of benzene rings is 1. The number of rotatable bonds is 2. The lowest BCUT2D eigenvalue weighted by Crippen LogP contribution is -2.25. The number of hydrogen-bond donors (Lipinski definition) is 2. The molecule has 1 aromatic rings. The first kappa shape index (κ1) is 11.7. The highest BCUT2D eigenvalue weighted by molar-refractivity contribution is 9.10. The van der Waals surface area contributed by atoms with E-state index in [1.165, 1.54) is 0 Å². The standard InChI is InChI=1S/C11H16BrNO/c1-6-4-9(11(14)8(3)13)7(2)10(12)5-6/h4-5,8,11,14H,13H2,1-3H3. The summed E-state index contributed by atoms with van der Waals surface area (Å²) in [6.07, 6.45) is -0.591. The van der Waals surface area contributed by atoms with E-state index < -0.39 is 6.10 Å². The van der Waals surface area contributed by atoms with Gasteiger partial charge in [0.05, 0.1) is 6.10 Å². The van der Waals surface area contributed by atoms with Crippen LogP contribution in [0.15, 0.2) is 16.6 Å². The fourth-order valence-electron chi connectivity index (χ4n) is 1.43. The van der Waals surface area contributed by atoms with Gasteiger partial charge in [-0.2, -0.15) is 0 Å². The lowest BCUT2D eigenvalue weighted by atomic mass is 9.97. The first-order chi connectivity index (χ1) is 6.43. The summed E-state index contributed by atoms with van der Waals surface area (Å²) >= 11 is 3.46. The third kappa shape index (κ3) is 2.35. The fraction of sp³-hybridized carbons (Fsp3) is 0.455. The minimum Gasteiger partial charge on any atom is -0.387 e. The van der Waals surface area contributed by atoms with Crippen molar-refractivity contribution in [1.29, 1.82) is 0 Å². The topological polar surface area (TPSA) is 46.2 Å². The molecule has 1 aromatic carbocycles. The predicted octanol–water partition coefficient (Wildman–Crippen LogP) is 2.45. The van der Waals surface area contributed by atoms with Gasteiger partial charge >= 0.3 is 0 Å². The molecular weight excluding hydrogens is 242 g/mol. The molecule has 0 radical (unpaired) electrons. The Morgan fingerprint density at radius 2 is 1.93 bits per heavy atom. The van der Waals surface area contributed by atoms with Gasteiger partial charge in [-0.1, -0.05) is 22.0 Å². The molecule has 0 saturated heterocycles. The van der Waals surface area contributed by atoms with Crippen molar-refractivity contribution in [3.8, 4) is 0 Å². The molecule has 0 aliphatic rings. The molecule has 0 saturated carbocycles. The first-order valence-corrected chi connectivity index (χ1v) is 5.43. The van der Waals surface area contributed by atoms with E-state index in [2.05, 4.69) is 15.9 Å². The van der Waals surface area contributed by atoms with Crippen LogP contribution in [0.5, 0.6) is 0 Å². The highest BCUT2D eigenvalue weighted by Crippen LogP contribution is 2.27. The Hall–Kier alpha value is -0.380. The zero-order chi connectivity index (χ0) is 10.9. The van der Waals surface area contributed by atoms with Crippen molar-refractivity contribution in [2.24, 2.45) is 5.73 Å². The van der Waals surface area contributed by atoms with Crippen molar-refractivity contribution in [1.82, 2.24) is 0 Å². The Labute approximate surface area is 93.3 Å². The quantitative estimate of drug-likeness (QED) is 0.855. The Bertz CT molecular complexity index is 336. The molecule has 0 aliphatic heterocycles. The third-order valence-electron chi connectivity index (χ3n) is 2.35. The molecule has 1 rings (SSSR count). The van der Waals surface area contributed by atoms with E-state index in [0.29, 0.717) is 0 Å². The summed E-state index contributed by atoms with van der Waals surface area (Å²) < 4.78 is 1.02. The number of aryl methyl sites for hydroxylation is 1. The van der Waals surface area contributed by atoms with Gasteiger partial charge in [0.25, 0.3) is 0 Å². The van der Waals surface area contributed by atoms with Crippen molar-refractivity contribution in [2.75, 3.05) is 0 Å². The summed E-state index contributed by atoms with van der Waals surface area (Å²) in [7, 11) is 0. The average Bonchev–Trinajstić information content (AvgIpc) is 2.09. The van der Waals surface area contributed by atoms with Crippen LogP contribution in [0.1, 0.15) is 29.7 Å². The second kappa shape index (κ2) is 4.43. The number of aliphatic hydroxyl groups is 1. The van der Waals surface area contributed by atoms with Crippen molar-refractivity contribution >= 4 is 15.9 Å². The molecule has 2 unspecified atom stereocenters. The van der Waals surface area contributed by atoms with Crippen molar-refractivity contribution < 1.29 is 5.11 Å². The first-order valence-electron chi connectivity index (χ1n) is 4.63. The van der Waals surface area contributed by atoms with E-state index in [4.69, 9.17) is 5.73 Å². The molecule has 0 aliphatic carbocycles. The zero-order valence-corrected chi connectivity index (χ0v) is 10.3. The molecule has 0 amide bonds. The molecule has 0 aromatic heterocycles. The van der Waals surface area contributed by atoms with Crippen LogP contribution in [0.2, 0.25) is 0 Å². The van der Waals surface area contributed by atoms with E-state index in [1.807, 2.05) is 26.0 Å². The highest BCUT2D eigenvalue weighted by atomic mass is 79.9. The minimum atomic E-state index is -0.591. The van der Waals surface area contributed by atoms with E-state index in [-0.39, 0.29) is 6.04 Å².